The first-order valence-corrected chi connectivity index (χ1v) is 10.5. The van der Waals surface area contributed by atoms with Gasteiger partial charge in [-0.2, -0.15) is 0 Å². The summed E-state index contributed by atoms with van der Waals surface area (Å²) in [7, 11) is 0. The zero-order valence-electron chi connectivity index (χ0n) is 17.0. The van der Waals surface area contributed by atoms with Crippen LogP contribution in [0.3, 0.4) is 0 Å². The van der Waals surface area contributed by atoms with Gasteiger partial charge in [0, 0.05) is 23.0 Å². The number of allylic oxidation sites excluding steroid dienone is 4. The number of aromatic hydroxyl groups is 1. The van der Waals surface area contributed by atoms with Crippen LogP contribution in [0.4, 0.5) is 11.4 Å². The summed E-state index contributed by atoms with van der Waals surface area (Å²) in [6.45, 7) is 0. The molecule has 5 nitrogen and oxygen atoms in total. The van der Waals surface area contributed by atoms with E-state index in [-0.39, 0.29) is 5.75 Å². The van der Waals surface area contributed by atoms with Gasteiger partial charge in [0.2, 0.25) is 0 Å². The molecule has 1 aromatic heterocycles. The molecule has 0 unspecified atom stereocenters. The van der Waals surface area contributed by atoms with Crippen molar-refractivity contribution in [2.45, 2.75) is 0 Å². The number of hydrogen-bond acceptors (Lipinski definition) is 5. The van der Waals surface area contributed by atoms with E-state index in [9.17, 15) is 5.11 Å². The fourth-order valence-electron chi connectivity index (χ4n) is 3.55. The van der Waals surface area contributed by atoms with Crippen LogP contribution in [0.5, 0.6) is 5.75 Å². The zero-order chi connectivity index (χ0) is 21.9. The SMILES string of the molecule is Oc1ccc(-c2cnc3ccc(Nc4ccccc4Cl)c(C4=CC=CC=CN4)c3n2)cc1. The molecular weight excluding hydrogens is 420 g/mol. The lowest BCUT2D eigenvalue weighted by atomic mass is 10.0. The maximum absolute atomic E-state index is 9.63. The molecular formula is C26H19ClN4O. The van der Waals surface area contributed by atoms with Gasteiger partial charge in [0.1, 0.15) is 11.3 Å². The summed E-state index contributed by atoms with van der Waals surface area (Å²) >= 11 is 6.41. The van der Waals surface area contributed by atoms with E-state index in [0.29, 0.717) is 10.7 Å². The van der Waals surface area contributed by atoms with Crippen molar-refractivity contribution < 1.29 is 5.11 Å². The first-order chi connectivity index (χ1) is 15.7. The number of hydrogen-bond donors (Lipinski definition) is 3. The number of halogens is 1. The van der Waals surface area contributed by atoms with Crippen molar-refractivity contribution in [3.63, 3.8) is 0 Å². The van der Waals surface area contributed by atoms with Crippen LogP contribution in [0.25, 0.3) is 28.0 Å². The van der Waals surface area contributed by atoms with Gasteiger partial charge in [-0.3, -0.25) is 4.98 Å². The summed E-state index contributed by atoms with van der Waals surface area (Å²) < 4.78 is 0. The molecule has 0 atom stereocenters. The van der Waals surface area contributed by atoms with Crippen molar-refractivity contribution in [1.82, 2.24) is 15.3 Å². The maximum Gasteiger partial charge on any atom is 0.115 e. The van der Waals surface area contributed by atoms with Gasteiger partial charge >= 0.3 is 0 Å². The van der Waals surface area contributed by atoms with Gasteiger partial charge in [0.05, 0.1) is 33.8 Å². The summed E-state index contributed by atoms with van der Waals surface area (Å²) in [4.78, 5) is 9.61. The monoisotopic (exact) mass is 438 g/mol. The molecule has 32 heavy (non-hydrogen) atoms. The number of para-hydroxylation sites is 1. The number of fused-ring (bicyclic) bond motifs is 1. The molecule has 3 aromatic carbocycles. The first-order valence-electron chi connectivity index (χ1n) is 10.1. The third-order valence-electron chi connectivity index (χ3n) is 5.11. The number of phenolic OH excluding ortho intramolecular Hbond substituents is 1. The second-order valence-electron chi connectivity index (χ2n) is 7.23. The number of aromatic nitrogens is 2. The van der Waals surface area contributed by atoms with E-state index in [1.165, 1.54) is 0 Å². The van der Waals surface area contributed by atoms with Crippen LogP contribution in [-0.2, 0) is 0 Å². The quantitative estimate of drug-likeness (QED) is 0.343. The predicted octanol–water partition coefficient (Wildman–Crippen LogP) is 6.41. The van der Waals surface area contributed by atoms with Crippen LogP contribution in [0.15, 0.2) is 97.4 Å². The molecule has 0 radical (unpaired) electrons. The Morgan fingerprint density at radius 3 is 2.56 bits per heavy atom. The average molecular weight is 439 g/mol. The highest BCUT2D eigenvalue weighted by molar-refractivity contribution is 6.33. The minimum absolute atomic E-state index is 0.209. The molecule has 0 saturated carbocycles. The molecule has 6 heteroatoms. The van der Waals surface area contributed by atoms with Crippen molar-refractivity contribution in [3.8, 4) is 17.0 Å². The molecule has 1 aliphatic heterocycles. The van der Waals surface area contributed by atoms with E-state index in [1.807, 2.05) is 79.0 Å². The smallest absolute Gasteiger partial charge is 0.115 e. The lowest BCUT2D eigenvalue weighted by Crippen LogP contribution is -2.08. The number of benzene rings is 3. The molecule has 0 fully saturated rings. The highest BCUT2D eigenvalue weighted by Crippen LogP contribution is 2.35. The zero-order valence-corrected chi connectivity index (χ0v) is 17.7. The molecule has 0 amide bonds. The Bertz CT molecular complexity index is 1390. The minimum atomic E-state index is 0.209. The van der Waals surface area contributed by atoms with Gasteiger partial charge in [-0.15, -0.1) is 0 Å². The number of rotatable bonds is 4. The first kappa shape index (κ1) is 19.8. The van der Waals surface area contributed by atoms with E-state index < -0.39 is 0 Å². The highest BCUT2D eigenvalue weighted by Gasteiger charge is 2.16. The molecule has 2 heterocycles. The Balaban J connectivity index is 1.72. The Labute approximate surface area is 190 Å². The van der Waals surface area contributed by atoms with Gasteiger partial charge in [0.15, 0.2) is 0 Å². The van der Waals surface area contributed by atoms with Crippen molar-refractivity contribution in [2.75, 3.05) is 5.32 Å². The van der Waals surface area contributed by atoms with Crippen molar-refractivity contribution >= 4 is 39.7 Å². The van der Waals surface area contributed by atoms with Crippen molar-refractivity contribution in [2.24, 2.45) is 0 Å². The van der Waals surface area contributed by atoms with E-state index in [0.717, 1.165) is 39.2 Å². The summed E-state index contributed by atoms with van der Waals surface area (Å²) in [6.07, 6.45) is 11.5. The fourth-order valence-corrected chi connectivity index (χ4v) is 3.73. The van der Waals surface area contributed by atoms with Crippen LogP contribution in [0.2, 0.25) is 5.02 Å². The Kier molecular flexibility index (Phi) is 5.32. The molecule has 1 aliphatic rings. The van der Waals surface area contributed by atoms with Gasteiger partial charge in [-0.1, -0.05) is 35.9 Å². The molecule has 156 valence electrons. The fraction of sp³-hybridized carbons (Fsp3) is 0. The van der Waals surface area contributed by atoms with Crippen LogP contribution >= 0.6 is 11.6 Å². The topological polar surface area (TPSA) is 70.1 Å². The van der Waals surface area contributed by atoms with Gasteiger partial charge in [-0.25, -0.2) is 4.98 Å². The van der Waals surface area contributed by atoms with Crippen LogP contribution < -0.4 is 10.6 Å². The third-order valence-corrected chi connectivity index (χ3v) is 5.44. The van der Waals surface area contributed by atoms with Crippen molar-refractivity contribution in [3.05, 3.63) is 108 Å². The van der Waals surface area contributed by atoms with Crippen LogP contribution in [-0.4, -0.2) is 15.1 Å². The Morgan fingerprint density at radius 2 is 1.72 bits per heavy atom. The third kappa shape index (κ3) is 3.94. The lowest BCUT2D eigenvalue weighted by molar-refractivity contribution is 0.475. The van der Waals surface area contributed by atoms with E-state index in [1.54, 1.807) is 18.3 Å². The predicted molar refractivity (Wildman–Crippen MR) is 131 cm³/mol. The van der Waals surface area contributed by atoms with Crippen molar-refractivity contribution in [1.29, 1.82) is 0 Å². The standard InChI is InChI=1S/C26H19ClN4O/c27-19-6-3-4-7-20(19)30-22-13-14-23-26(25(22)21-8-2-1-5-15-28-21)31-24(16-29-23)17-9-11-18(32)12-10-17/h1-16,28,30,32H. The molecule has 5 rings (SSSR count). The normalized spacial score (nSPS) is 12.8. The van der Waals surface area contributed by atoms with Crippen LogP contribution in [0.1, 0.15) is 5.56 Å². The summed E-state index contributed by atoms with van der Waals surface area (Å²) in [5.74, 6) is 0.209. The molecule has 0 aliphatic carbocycles. The van der Waals surface area contributed by atoms with E-state index in [2.05, 4.69) is 15.6 Å². The highest BCUT2D eigenvalue weighted by atomic mass is 35.5. The summed E-state index contributed by atoms with van der Waals surface area (Å²) in [5.41, 5.74) is 6.52. The number of anilines is 2. The number of nitrogens with zero attached hydrogens (tertiary/aromatic N) is 2. The Morgan fingerprint density at radius 1 is 0.875 bits per heavy atom. The van der Waals surface area contributed by atoms with E-state index in [4.69, 9.17) is 16.6 Å². The second-order valence-corrected chi connectivity index (χ2v) is 7.64. The second kappa shape index (κ2) is 8.57. The van der Waals surface area contributed by atoms with Gasteiger partial charge < -0.3 is 15.7 Å². The number of nitrogens with one attached hydrogen (secondary N) is 2. The molecule has 4 aromatic rings. The minimum Gasteiger partial charge on any atom is -0.508 e. The van der Waals surface area contributed by atoms with Gasteiger partial charge in [-0.05, 0) is 60.7 Å². The molecule has 0 saturated heterocycles. The van der Waals surface area contributed by atoms with Crippen LogP contribution in [0, 0.1) is 0 Å². The average Bonchev–Trinajstić information content (AvgIpc) is 3.10. The molecule has 0 spiro atoms. The Hall–Kier alpha value is -4.09. The summed E-state index contributed by atoms with van der Waals surface area (Å²) in [6, 6.07) is 18.5. The lowest BCUT2D eigenvalue weighted by Gasteiger charge is -2.17. The maximum atomic E-state index is 9.63. The van der Waals surface area contributed by atoms with E-state index >= 15 is 0 Å². The largest absolute Gasteiger partial charge is 0.508 e. The molecule has 3 N–H and O–H groups in total. The summed E-state index contributed by atoms with van der Waals surface area (Å²) in [5, 5.41) is 17.1. The number of phenols is 1. The molecule has 0 bridgehead atoms. The van der Waals surface area contributed by atoms with Gasteiger partial charge in [0.25, 0.3) is 0 Å².